The maximum Gasteiger partial charge on any atom is 0.158 e. The van der Waals surface area contributed by atoms with Gasteiger partial charge in [0.2, 0.25) is 0 Å². The first-order valence-corrected chi connectivity index (χ1v) is 5.91. The van der Waals surface area contributed by atoms with Crippen molar-refractivity contribution in [3.63, 3.8) is 0 Å². The van der Waals surface area contributed by atoms with Crippen LogP contribution < -0.4 is 5.73 Å². The Hall–Kier alpha value is -1.72. The van der Waals surface area contributed by atoms with Gasteiger partial charge in [-0.3, -0.25) is 4.79 Å². The fraction of sp³-hybridized carbons (Fsp3) is 0.250. The van der Waals surface area contributed by atoms with Gasteiger partial charge in [0, 0.05) is 18.0 Å². The lowest BCUT2D eigenvalue weighted by Crippen LogP contribution is -2.13. The molecule has 1 aromatic carbocycles. The molecule has 0 unspecified atom stereocenters. The van der Waals surface area contributed by atoms with Crippen molar-refractivity contribution in [1.82, 2.24) is 15.0 Å². The van der Waals surface area contributed by atoms with Gasteiger partial charge >= 0.3 is 0 Å². The molecule has 0 radical (unpaired) electrons. The van der Waals surface area contributed by atoms with Crippen molar-refractivity contribution in [2.45, 2.75) is 19.5 Å². The van der Waals surface area contributed by atoms with Crippen molar-refractivity contribution >= 4 is 17.4 Å². The van der Waals surface area contributed by atoms with Crippen molar-refractivity contribution in [2.75, 3.05) is 0 Å². The average Bonchev–Trinajstić information content (AvgIpc) is 2.80. The second-order valence-electron chi connectivity index (χ2n) is 3.92. The van der Waals surface area contributed by atoms with Crippen molar-refractivity contribution < 1.29 is 4.79 Å². The molecule has 18 heavy (non-hydrogen) atoms. The minimum Gasteiger partial charge on any atom is -0.325 e. The van der Waals surface area contributed by atoms with Gasteiger partial charge in [-0.1, -0.05) is 35.0 Å². The first kappa shape index (κ1) is 12.7. The van der Waals surface area contributed by atoms with E-state index in [0.29, 0.717) is 17.3 Å². The average molecular weight is 265 g/mol. The number of ketones is 1. The van der Waals surface area contributed by atoms with Gasteiger partial charge in [0.25, 0.3) is 0 Å². The van der Waals surface area contributed by atoms with Gasteiger partial charge in [0.1, 0.15) is 6.54 Å². The number of carbonyl (C=O) groups is 1. The number of rotatable bonds is 5. The Morgan fingerprint density at radius 2 is 2.17 bits per heavy atom. The van der Waals surface area contributed by atoms with E-state index in [1.165, 1.54) is 4.68 Å². The van der Waals surface area contributed by atoms with Gasteiger partial charge in [-0.2, -0.15) is 0 Å². The summed E-state index contributed by atoms with van der Waals surface area (Å²) in [6, 6.07) is 7.30. The predicted molar refractivity (Wildman–Crippen MR) is 68.1 cm³/mol. The normalized spacial score (nSPS) is 10.6. The summed E-state index contributed by atoms with van der Waals surface area (Å²) in [5.41, 5.74) is 6.91. The first-order chi connectivity index (χ1) is 8.69. The number of Topliss-reactive ketones (excluding diaryl/α,β-unsaturated/α-hetero) is 1. The highest BCUT2D eigenvalue weighted by Gasteiger charge is 2.08. The molecule has 5 nitrogen and oxygen atoms in total. The number of carbonyl (C=O) groups excluding carboxylic acids is 1. The minimum atomic E-state index is 0.0246. The Morgan fingerprint density at radius 3 is 2.83 bits per heavy atom. The van der Waals surface area contributed by atoms with Crippen LogP contribution in [0.4, 0.5) is 0 Å². The number of nitrogens with two attached hydrogens (primary N) is 1. The summed E-state index contributed by atoms with van der Waals surface area (Å²) in [5, 5.41) is 8.25. The SMILES string of the molecule is NCc1cn(CC(=O)Cc2ccccc2Cl)nn1. The molecule has 0 bridgehead atoms. The van der Waals surface area contributed by atoms with E-state index in [1.54, 1.807) is 12.3 Å². The van der Waals surface area contributed by atoms with Crippen molar-refractivity contribution in [2.24, 2.45) is 5.73 Å². The summed E-state index contributed by atoms with van der Waals surface area (Å²) in [4.78, 5) is 11.9. The van der Waals surface area contributed by atoms with E-state index in [-0.39, 0.29) is 18.7 Å². The van der Waals surface area contributed by atoms with Crippen LogP contribution in [0.25, 0.3) is 0 Å². The molecular formula is C12H13ClN4O. The van der Waals surface area contributed by atoms with Crippen LogP contribution in [0.3, 0.4) is 0 Å². The summed E-state index contributed by atoms with van der Waals surface area (Å²) in [6.07, 6.45) is 1.96. The highest BCUT2D eigenvalue weighted by atomic mass is 35.5. The van der Waals surface area contributed by atoms with Crippen LogP contribution in [-0.4, -0.2) is 20.8 Å². The third-order valence-electron chi connectivity index (χ3n) is 2.48. The van der Waals surface area contributed by atoms with Crippen LogP contribution >= 0.6 is 11.6 Å². The molecule has 0 fully saturated rings. The molecule has 1 aromatic heterocycles. The molecule has 2 aromatic rings. The van der Waals surface area contributed by atoms with E-state index in [4.69, 9.17) is 17.3 Å². The Kier molecular flexibility index (Phi) is 4.07. The number of halogens is 1. The van der Waals surface area contributed by atoms with Gasteiger partial charge in [-0.05, 0) is 11.6 Å². The molecule has 94 valence electrons. The highest BCUT2D eigenvalue weighted by molar-refractivity contribution is 6.31. The summed E-state index contributed by atoms with van der Waals surface area (Å²) in [7, 11) is 0. The molecule has 0 saturated carbocycles. The maximum atomic E-state index is 11.9. The third kappa shape index (κ3) is 3.15. The molecule has 2 rings (SSSR count). The molecule has 0 spiro atoms. The number of aromatic nitrogens is 3. The van der Waals surface area contributed by atoms with E-state index < -0.39 is 0 Å². The Bertz CT molecular complexity index is 553. The van der Waals surface area contributed by atoms with Crippen molar-refractivity contribution in [1.29, 1.82) is 0 Å². The lowest BCUT2D eigenvalue weighted by atomic mass is 10.1. The van der Waals surface area contributed by atoms with E-state index in [2.05, 4.69) is 10.3 Å². The number of hydrogen-bond donors (Lipinski definition) is 1. The van der Waals surface area contributed by atoms with Crippen molar-refractivity contribution in [3.8, 4) is 0 Å². The van der Waals surface area contributed by atoms with Gasteiger partial charge in [0.15, 0.2) is 5.78 Å². The molecule has 0 aliphatic heterocycles. The van der Waals surface area contributed by atoms with Gasteiger partial charge < -0.3 is 5.73 Å². The predicted octanol–water partition coefficient (Wildman–Crippen LogP) is 1.20. The summed E-state index contributed by atoms with van der Waals surface area (Å²) in [5.74, 6) is 0.0246. The van der Waals surface area contributed by atoms with Crippen LogP contribution in [0.1, 0.15) is 11.3 Å². The summed E-state index contributed by atoms with van der Waals surface area (Å²) >= 11 is 5.99. The van der Waals surface area contributed by atoms with Gasteiger partial charge in [-0.15, -0.1) is 5.10 Å². The smallest absolute Gasteiger partial charge is 0.158 e. The monoisotopic (exact) mass is 264 g/mol. The molecular weight excluding hydrogens is 252 g/mol. The topological polar surface area (TPSA) is 73.8 Å². The number of benzene rings is 1. The molecule has 1 heterocycles. The molecule has 0 saturated heterocycles. The van der Waals surface area contributed by atoms with Crippen molar-refractivity contribution in [3.05, 3.63) is 46.7 Å². The lowest BCUT2D eigenvalue weighted by Gasteiger charge is -2.03. The zero-order valence-electron chi connectivity index (χ0n) is 9.71. The summed E-state index contributed by atoms with van der Waals surface area (Å²) < 4.78 is 1.49. The Morgan fingerprint density at radius 1 is 1.39 bits per heavy atom. The first-order valence-electron chi connectivity index (χ1n) is 5.53. The molecule has 0 amide bonds. The molecule has 0 aliphatic rings. The second kappa shape index (κ2) is 5.75. The van der Waals surface area contributed by atoms with E-state index in [9.17, 15) is 4.79 Å². The zero-order valence-corrected chi connectivity index (χ0v) is 10.5. The molecule has 0 aliphatic carbocycles. The lowest BCUT2D eigenvalue weighted by molar-refractivity contribution is -0.119. The van der Waals surface area contributed by atoms with E-state index >= 15 is 0 Å². The number of nitrogens with zero attached hydrogens (tertiary/aromatic N) is 3. The standard InChI is InChI=1S/C12H13ClN4O/c13-12-4-2-1-3-9(12)5-11(18)8-17-7-10(6-14)15-16-17/h1-4,7H,5-6,8,14H2. The van der Waals surface area contributed by atoms with Gasteiger partial charge in [0.05, 0.1) is 11.9 Å². The molecule has 0 atom stereocenters. The number of hydrogen-bond acceptors (Lipinski definition) is 4. The fourth-order valence-corrected chi connectivity index (χ4v) is 1.80. The van der Waals surface area contributed by atoms with Gasteiger partial charge in [-0.25, -0.2) is 4.68 Å². The second-order valence-corrected chi connectivity index (χ2v) is 4.33. The van der Waals surface area contributed by atoms with Crippen LogP contribution in [-0.2, 0) is 24.3 Å². The zero-order chi connectivity index (χ0) is 13.0. The Labute approximate surface area is 110 Å². The maximum absolute atomic E-state index is 11.9. The summed E-state index contributed by atoms with van der Waals surface area (Å²) in [6.45, 7) is 0.497. The van der Waals surface area contributed by atoms with E-state index in [1.807, 2.05) is 18.2 Å². The Balaban J connectivity index is 1.99. The largest absolute Gasteiger partial charge is 0.325 e. The van der Waals surface area contributed by atoms with Crippen LogP contribution in [0, 0.1) is 0 Å². The van der Waals surface area contributed by atoms with Crippen LogP contribution in [0.2, 0.25) is 5.02 Å². The molecule has 6 heteroatoms. The highest BCUT2D eigenvalue weighted by Crippen LogP contribution is 2.15. The third-order valence-corrected chi connectivity index (χ3v) is 2.85. The quantitative estimate of drug-likeness (QED) is 0.881. The van der Waals surface area contributed by atoms with Crippen LogP contribution in [0.15, 0.2) is 30.5 Å². The fourth-order valence-electron chi connectivity index (χ4n) is 1.60. The molecule has 2 N–H and O–H groups in total. The minimum absolute atomic E-state index is 0.0246. The van der Waals surface area contributed by atoms with Crippen LogP contribution in [0.5, 0.6) is 0 Å². The van der Waals surface area contributed by atoms with E-state index in [0.717, 1.165) is 5.56 Å².